The zero-order chi connectivity index (χ0) is 19.9. The summed E-state index contributed by atoms with van der Waals surface area (Å²) in [6.07, 6.45) is 0. The molecule has 1 aliphatic rings. The Labute approximate surface area is 165 Å². The molecular weight excluding hydrogens is 356 g/mol. The van der Waals surface area contributed by atoms with E-state index in [1.54, 1.807) is 19.1 Å². The Morgan fingerprint density at radius 2 is 1.64 bits per heavy atom. The lowest BCUT2D eigenvalue weighted by Gasteiger charge is -2.39. The molecule has 2 aromatic rings. The number of amides is 3. The van der Waals surface area contributed by atoms with Crippen molar-refractivity contribution in [1.82, 2.24) is 15.5 Å². The van der Waals surface area contributed by atoms with Crippen LogP contribution in [0.4, 0.5) is 10.5 Å². The number of phenolic OH excluding ortho intramolecular Hbond substituents is 1. The first-order chi connectivity index (χ1) is 13.6. The fraction of sp³-hybridized carbons (Fsp3) is 0.333. The second-order valence-corrected chi connectivity index (χ2v) is 6.67. The van der Waals surface area contributed by atoms with Crippen LogP contribution in [0.15, 0.2) is 54.6 Å². The number of imide groups is 1. The van der Waals surface area contributed by atoms with Gasteiger partial charge in [0.1, 0.15) is 11.8 Å². The molecule has 1 atom stereocenters. The Hall–Kier alpha value is -3.06. The van der Waals surface area contributed by atoms with Gasteiger partial charge in [0, 0.05) is 32.7 Å². The largest absolute Gasteiger partial charge is 0.506 e. The van der Waals surface area contributed by atoms with Crippen LogP contribution in [0.3, 0.4) is 0 Å². The van der Waals surface area contributed by atoms with Crippen molar-refractivity contribution < 1.29 is 14.7 Å². The highest BCUT2D eigenvalue weighted by atomic mass is 16.3. The van der Waals surface area contributed by atoms with E-state index in [0.29, 0.717) is 32.7 Å². The Morgan fingerprint density at radius 1 is 1.00 bits per heavy atom. The number of nitrogens with zero attached hydrogens (tertiary/aromatic N) is 2. The van der Waals surface area contributed by atoms with Crippen LogP contribution in [0, 0.1) is 0 Å². The van der Waals surface area contributed by atoms with E-state index in [0.717, 1.165) is 11.3 Å². The Bertz CT molecular complexity index is 804. The first-order valence-electron chi connectivity index (χ1n) is 9.50. The SMILES string of the molecule is CCNC(=O)NC(=O)[C@@H](c1ccccc1)N1CCN(c2ccccc2O)CC1. The summed E-state index contributed by atoms with van der Waals surface area (Å²) in [6.45, 7) is 4.88. The number of urea groups is 1. The van der Waals surface area contributed by atoms with E-state index in [2.05, 4.69) is 20.4 Å². The minimum atomic E-state index is -0.546. The van der Waals surface area contributed by atoms with Gasteiger partial charge in [0.15, 0.2) is 0 Å². The lowest BCUT2D eigenvalue weighted by molar-refractivity contribution is -0.125. The zero-order valence-electron chi connectivity index (χ0n) is 16.0. The fourth-order valence-electron chi connectivity index (χ4n) is 3.50. The molecule has 3 amide bonds. The molecular formula is C21H26N4O3. The number of aromatic hydroxyl groups is 1. The number of hydrogen-bond acceptors (Lipinski definition) is 5. The third-order valence-corrected chi connectivity index (χ3v) is 4.84. The van der Waals surface area contributed by atoms with Crippen molar-refractivity contribution in [2.75, 3.05) is 37.6 Å². The van der Waals surface area contributed by atoms with Crippen molar-refractivity contribution in [1.29, 1.82) is 0 Å². The first kappa shape index (κ1) is 19.7. The molecule has 0 unspecified atom stereocenters. The molecule has 0 spiro atoms. The second-order valence-electron chi connectivity index (χ2n) is 6.67. The van der Waals surface area contributed by atoms with Crippen LogP contribution in [-0.2, 0) is 4.79 Å². The molecule has 7 nitrogen and oxygen atoms in total. The molecule has 3 rings (SSSR count). The van der Waals surface area contributed by atoms with Crippen LogP contribution in [0.2, 0.25) is 0 Å². The summed E-state index contributed by atoms with van der Waals surface area (Å²) in [5, 5.41) is 15.1. The summed E-state index contributed by atoms with van der Waals surface area (Å²) in [7, 11) is 0. The van der Waals surface area contributed by atoms with E-state index in [-0.39, 0.29) is 11.7 Å². The smallest absolute Gasteiger partial charge is 0.321 e. The summed E-state index contributed by atoms with van der Waals surface area (Å²) >= 11 is 0. The molecule has 2 aromatic carbocycles. The highest BCUT2D eigenvalue weighted by Gasteiger charge is 2.31. The van der Waals surface area contributed by atoms with Crippen molar-refractivity contribution in [2.24, 2.45) is 0 Å². The van der Waals surface area contributed by atoms with E-state index in [4.69, 9.17) is 0 Å². The number of phenols is 1. The maximum absolute atomic E-state index is 12.9. The van der Waals surface area contributed by atoms with Gasteiger partial charge in [-0.25, -0.2) is 4.79 Å². The van der Waals surface area contributed by atoms with E-state index >= 15 is 0 Å². The minimum Gasteiger partial charge on any atom is -0.506 e. The number of carbonyl (C=O) groups excluding carboxylic acids is 2. The molecule has 1 heterocycles. The van der Waals surface area contributed by atoms with Crippen LogP contribution in [0.1, 0.15) is 18.5 Å². The van der Waals surface area contributed by atoms with Crippen molar-refractivity contribution in [3.63, 3.8) is 0 Å². The number of carbonyl (C=O) groups is 2. The van der Waals surface area contributed by atoms with Gasteiger partial charge >= 0.3 is 6.03 Å². The molecule has 28 heavy (non-hydrogen) atoms. The van der Waals surface area contributed by atoms with Gasteiger partial charge in [0.05, 0.1) is 5.69 Å². The van der Waals surface area contributed by atoms with Crippen LogP contribution < -0.4 is 15.5 Å². The van der Waals surface area contributed by atoms with Gasteiger partial charge in [0.25, 0.3) is 0 Å². The van der Waals surface area contributed by atoms with Crippen molar-refractivity contribution >= 4 is 17.6 Å². The average molecular weight is 382 g/mol. The normalized spacial score (nSPS) is 15.7. The minimum absolute atomic E-state index is 0.254. The summed E-state index contributed by atoms with van der Waals surface area (Å²) in [5.41, 5.74) is 1.64. The van der Waals surface area contributed by atoms with E-state index < -0.39 is 12.1 Å². The summed E-state index contributed by atoms with van der Waals surface area (Å²) in [4.78, 5) is 28.9. The van der Waals surface area contributed by atoms with Gasteiger partial charge in [-0.1, -0.05) is 42.5 Å². The van der Waals surface area contributed by atoms with Crippen LogP contribution in [0.5, 0.6) is 5.75 Å². The number of nitrogens with one attached hydrogen (secondary N) is 2. The zero-order valence-corrected chi connectivity index (χ0v) is 16.0. The average Bonchev–Trinajstić information content (AvgIpc) is 2.70. The van der Waals surface area contributed by atoms with E-state index in [1.807, 2.05) is 42.5 Å². The predicted molar refractivity (Wildman–Crippen MR) is 108 cm³/mol. The van der Waals surface area contributed by atoms with E-state index in [1.165, 1.54) is 0 Å². The number of piperazine rings is 1. The summed E-state index contributed by atoms with van der Waals surface area (Å²) in [6, 6.07) is 15.7. The van der Waals surface area contributed by atoms with Crippen LogP contribution in [-0.4, -0.2) is 54.7 Å². The molecule has 1 saturated heterocycles. The van der Waals surface area contributed by atoms with Crippen LogP contribution >= 0.6 is 0 Å². The van der Waals surface area contributed by atoms with Crippen molar-refractivity contribution in [3.8, 4) is 5.75 Å². The van der Waals surface area contributed by atoms with Crippen molar-refractivity contribution in [3.05, 3.63) is 60.2 Å². The lowest BCUT2D eigenvalue weighted by Crippen LogP contribution is -2.52. The molecule has 1 aliphatic heterocycles. The molecule has 0 aliphatic carbocycles. The molecule has 0 aromatic heterocycles. The quantitative estimate of drug-likeness (QED) is 0.738. The molecule has 3 N–H and O–H groups in total. The summed E-state index contributed by atoms with van der Waals surface area (Å²) in [5.74, 6) is -0.0855. The highest BCUT2D eigenvalue weighted by Crippen LogP contribution is 2.29. The number of rotatable bonds is 5. The molecule has 0 bridgehead atoms. The van der Waals surface area contributed by atoms with Gasteiger partial charge < -0.3 is 15.3 Å². The first-order valence-corrected chi connectivity index (χ1v) is 9.50. The Morgan fingerprint density at radius 3 is 2.29 bits per heavy atom. The van der Waals surface area contributed by atoms with Gasteiger partial charge in [0.2, 0.25) is 5.91 Å². The predicted octanol–water partition coefficient (Wildman–Crippen LogP) is 2.10. The van der Waals surface area contributed by atoms with E-state index in [9.17, 15) is 14.7 Å². The van der Waals surface area contributed by atoms with Crippen LogP contribution in [0.25, 0.3) is 0 Å². The molecule has 1 fully saturated rings. The Kier molecular flexibility index (Phi) is 6.49. The number of benzene rings is 2. The van der Waals surface area contributed by atoms with Crippen molar-refractivity contribution in [2.45, 2.75) is 13.0 Å². The molecule has 0 saturated carbocycles. The standard InChI is InChI=1S/C21H26N4O3/c1-2-22-21(28)23-20(27)19(16-8-4-3-5-9-16)25-14-12-24(13-15-25)17-10-6-7-11-18(17)26/h3-11,19,26H,2,12-15H2,1H3,(H2,22,23,27,28)/t19-/m1/s1. The third-order valence-electron chi connectivity index (χ3n) is 4.84. The fourth-order valence-corrected chi connectivity index (χ4v) is 3.50. The molecule has 7 heteroatoms. The van der Waals surface area contributed by atoms with Gasteiger partial charge in [-0.05, 0) is 24.6 Å². The lowest BCUT2D eigenvalue weighted by atomic mass is 10.0. The maximum atomic E-state index is 12.9. The summed E-state index contributed by atoms with van der Waals surface area (Å²) < 4.78 is 0. The topological polar surface area (TPSA) is 84.9 Å². The molecule has 0 radical (unpaired) electrons. The van der Waals surface area contributed by atoms with Gasteiger partial charge in [-0.2, -0.15) is 0 Å². The van der Waals surface area contributed by atoms with Gasteiger partial charge in [-0.3, -0.25) is 15.0 Å². The number of para-hydroxylation sites is 2. The monoisotopic (exact) mass is 382 g/mol. The number of hydrogen-bond donors (Lipinski definition) is 3. The second kappa shape index (κ2) is 9.23. The molecule has 148 valence electrons. The van der Waals surface area contributed by atoms with Gasteiger partial charge in [-0.15, -0.1) is 0 Å². The third kappa shape index (κ3) is 4.61. The highest BCUT2D eigenvalue weighted by molar-refractivity contribution is 5.97. The Balaban J connectivity index is 1.74. The maximum Gasteiger partial charge on any atom is 0.321 e. The number of anilines is 1.